The van der Waals surface area contributed by atoms with Crippen LogP contribution in [0.2, 0.25) is 0 Å². The first-order valence-electron chi connectivity index (χ1n) is 4.20. The number of aliphatic hydroxyl groups excluding tert-OH is 1. The lowest BCUT2D eigenvalue weighted by atomic mass is 9.98. The minimum atomic E-state index is -1.03. The molecule has 1 rings (SSSR count). The Hall–Kier alpha value is -0.940. The average molecular weight is 215 g/mol. The number of carbonyl (C=O) groups is 1. The summed E-state index contributed by atoms with van der Waals surface area (Å²) in [5, 5.41) is 18.5. The maximum Gasteiger partial charge on any atom is 0.347 e. The maximum absolute atomic E-state index is 10.8. The molecular formula is C9H13NO3S. The van der Waals surface area contributed by atoms with Gasteiger partial charge in [0.15, 0.2) is 0 Å². The molecule has 0 saturated carbocycles. The molecule has 1 heterocycles. The van der Waals surface area contributed by atoms with E-state index in [1.54, 1.807) is 0 Å². The smallest absolute Gasteiger partial charge is 0.347 e. The third-order valence-electron chi connectivity index (χ3n) is 1.68. The quantitative estimate of drug-likeness (QED) is 0.786. The summed E-state index contributed by atoms with van der Waals surface area (Å²) in [4.78, 5) is 15.0. The second-order valence-corrected chi connectivity index (χ2v) is 5.01. The number of aromatic carboxylic acids is 1. The number of hydrogen-bond donors (Lipinski definition) is 2. The van der Waals surface area contributed by atoms with Crippen molar-refractivity contribution in [3.63, 3.8) is 0 Å². The molecule has 5 heteroatoms. The number of carboxylic acids is 1. The highest BCUT2D eigenvalue weighted by molar-refractivity contribution is 7.13. The van der Waals surface area contributed by atoms with E-state index in [0.717, 1.165) is 16.3 Å². The van der Waals surface area contributed by atoms with Gasteiger partial charge in [-0.2, -0.15) is 0 Å². The van der Waals surface area contributed by atoms with Crippen molar-refractivity contribution in [1.29, 1.82) is 0 Å². The molecule has 0 radical (unpaired) electrons. The molecule has 0 bridgehead atoms. The van der Waals surface area contributed by atoms with Crippen molar-refractivity contribution in [2.45, 2.75) is 32.8 Å². The number of carboxylic acid groups (broad SMARTS) is 1. The normalized spacial score (nSPS) is 11.7. The Morgan fingerprint density at radius 1 is 1.50 bits per heavy atom. The van der Waals surface area contributed by atoms with E-state index in [-0.39, 0.29) is 22.6 Å². The van der Waals surface area contributed by atoms with Crippen molar-refractivity contribution in [3.05, 3.63) is 15.6 Å². The zero-order valence-corrected chi connectivity index (χ0v) is 9.18. The van der Waals surface area contributed by atoms with E-state index >= 15 is 0 Å². The number of rotatable bonds is 2. The SMILES string of the molecule is CC(C)(C)c1nc(CO)c(C(=O)O)s1. The lowest BCUT2D eigenvalue weighted by Crippen LogP contribution is -2.10. The highest BCUT2D eigenvalue weighted by atomic mass is 32.1. The molecule has 0 spiro atoms. The van der Waals surface area contributed by atoms with Crippen LogP contribution in [0.15, 0.2) is 0 Å². The highest BCUT2D eigenvalue weighted by Crippen LogP contribution is 2.29. The van der Waals surface area contributed by atoms with E-state index in [9.17, 15) is 4.79 Å². The molecule has 2 N–H and O–H groups in total. The van der Waals surface area contributed by atoms with Gasteiger partial charge < -0.3 is 10.2 Å². The summed E-state index contributed by atoms with van der Waals surface area (Å²) in [6.45, 7) is 5.55. The van der Waals surface area contributed by atoms with Gasteiger partial charge in [-0.3, -0.25) is 0 Å². The summed E-state index contributed by atoms with van der Waals surface area (Å²) < 4.78 is 0. The molecule has 0 saturated heterocycles. The van der Waals surface area contributed by atoms with E-state index in [0.29, 0.717) is 0 Å². The topological polar surface area (TPSA) is 70.4 Å². The molecule has 78 valence electrons. The van der Waals surface area contributed by atoms with Crippen LogP contribution >= 0.6 is 11.3 Å². The minimum Gasteiger partial charge on any atom is -0.477 e. The molecule has 0 aromatic carbocycles. The summed E-state index contributed by atoms with van der Waals surface area (Å²) >= 11 is 1.13. The van der Waals surface area contributed by atoms with Gasteiger partial charge in [-0.1, -0.05) is 20.8 Å². The number of hydrogen-bond acceptors (Lipinski definition) is 4. The lowest BCUT2D eigenvalue weighted by Gasteiger charge is -2.13. The van der Waals surface area contributed by atoms with Gasteiger partial charge in [-0.15, -0.1) is 11.3 Å². The maximum atomic E-state index is 10.8. The van der Waals surface area contributed by atoms with Crippen LogP contribution < -0.4 is 0 Å². The van der Waals surface area contributed by atoms with E-state index in [1.165, 1.54) is 0 Å². The predicted molar refractivity (Wildman–Crippen MR) is 53.7 cm³/mol. The molecule has 0 unspecified atom stereocenters. The van der Waals surface area contributed by atoms with Crippen LogP contribution in [-0.2, 0) is 12.0 Å². The van der Waals surface area contributed by atoms with Gasteiger partial charge in [0, 0.05) is 5.41 Å². The van der Waals surface area contributed by atoms with Crippen molar-refractivity contribution >= 4 is 17.3 Å². The monoisotopic (exact) mass is 215 g/mol. The van der Waals surface area contributed by atoms with Crippen molar-refractivity contribution in [1.82, 2.24) is 4.98 Å². The first kappa shape index (κ1) is 11.1. The second-order valence-electron chi connectivity index (χ2n) is 4.01. The van der Waals surface area contributed by atoms with Crippen molar-refractivity contribution < 1.29 is 15.0 Å². The van der Waals surface area contributed by atoms with Gasteiger partial charge in [-0.25, -0.2) is 9.78 Å². The molecule has 0 aliphatic carbocycles. The third-order valence-corrected chi connectivity index (χ3v) is 3.19. The molecule has 4 nitrogen and oxygen atoms in total. The number of thiazole rings is 1. The molecule has 0 atom stereocenters. The van der Waals surface area contributed by atoms with Crippen LogP contribution in [0.4, 0.5) is 0 Å². The predicted octanol–water partition coefficient (Wildman–Crippen LogP) is 1.63. The fourth-order valence-electron chi connectivity index (χ4n) is 0.947. The summed E-state index contributed by atoms with van der Waals surface area (Å²) in [7, 11) is 0. The highest BCUT2D eigenvalue weighted by Gasteiger charge is 2.23. The van der Waals surface area contributed by atoms with Gasteiger partial charge in [0.2, 0.25) is 0 Å². The van der Waals surface area contributed by atoms with Crippen molar-refractivity contribution in [3.8, 4) is 0 Å². The molecular weight excluding hydrogens is 202 g/mol. The van der Waals surface area contributed by atoms with Gasteiger partial charge in [0.1, 0.15) is 4.88 Å². The van der Waals surface area contributed by atoms with E-state index < -0.39 is 5.97 Å². The third kappa shape index (κ3) is 2.10. The molecule has 0 amide bonds. The van der Waals surface area contributed by atoms with Crippen molar-refractivity contribution in [2.75, 3.05) is 0 Å². The fourth-order valence-corrected chi connectivity index (χ4v) is 1.92. The molecule has 14 heavy (non-hydrogen) atoms. The molecule has 1 aromatic rings. The Morgan fingerprint density at radius 3 is 2.36 bits per heavy atom. The number of aliphatic hydroxyl groups is 1. The fraction of sp³-hybridized carbons (Fsp3) is 0.556. The Bertz CT molecular complexity index is 351. The van der Waals surface area contributed by atoms with Gasteiger partial charge in [-0.05, 0) is 0 Å². The van der Waals surface area contributed by atoms with E-state index in [4.69, 9.17) is 10.2 Å². The van der Waals surface area contributed by atoms with Crippen LogP contribution in [0.3, 0.4) is 0 Å². The van der Waals surface area contributed by atoms with Gasteiger partial charge >= 0.3 is 5.97 Å². The summed E-state index contributed by atoms with van der Waals surface area (Å²) in [5.74, 6) is -1.03. The summed E-state index contributed by atoms with van der Waals surface area (Å²) in [6.07, 6.45) is 0. The first-order chi connectivity index (χ1) is 6.36. The zero-order valence-electron chi connectivity index (χ0n) is 8.37. The molecule has 0 fully saturated rings. The number of nitrogens with zero attached hydrogens (tertiary/aromatic N) is 1. The van der Waals surface area contributed by atoms with Gasteiger partial charge in [0.05, 0.1) is 17.3 Å². The Morgan fingerprint density at radius 2 is 2.07 bits per heavy atom. The van der Waals surface area contributed by atoms with E-state index in [1.807, 2.05) is 20.8 Å². The van der Waals surface area contributed by atoms with Crippen LogP contribution in [0.1, 0.15) is 41.1 Å². The Balaban J connectivity index is 3.20. The van der Waals surface area contributed by atoms with Crippen molar-refractivity contribution in [2.24, 2.45) is 0 Å². The molecule has 0 aliphatic rings. The first-order valence-corrected chi connectivity index (χ1v) is 5.02. The van der Waals surface area contributed by atoms with E-state index in [2.05, 4.69) is 4.98 Å². The minimum absolute atomic E-state index is 0.137. The molecule has 1 aromatic heterocycles. The van der Waals surface area contributed by atoms with Crippen LogP contribution in [-0.4, -0.2) is 21.2 Å². The largest absolute Gasteiger partial charge is 0.477 e. The van der Waals surface area contributed by atoms with Crippen LogP contribution in [0.5, 0.6) is 0 Å². The van der Waals surface area contributed by atoms with Gasteiger partial charge in [0.25, 0.3) is 0 Å². The lowest BCUT2D eigenvalue weighted by molar-refractivity contribution is 0.0698. The summed E-state index contributed by atoms with van der Waals surface area (Å²) in [5.41, 5.74) is 0.0786. The van der Waals surface area contributed by atoms with Crippen LogP contribution in [0, 0.1) is 0 Å². The standard InChI is InChI=1S/C9H13NO3S/c1-9(2,3)8-10-5(4-11)6(14-8)7(12)13/h11H,4H2,1-3H3,(H,12,13). The average Bonchev–Trinajstić information content (AvgIpc) is 2.45. The summed E-state index contributed by atoms with van der Waals surface area (Å²) in [6, 6.07) is 0. The van der Waals surface area contributed by atoms with Crippen LogP contribution in [0.25, 0.3) is 0 Å². The Labute approximate surface area is 86.2 Å². The number of aromatic nitrogens is 1. The molecule has 0 aliphatic heterocycles. The second kappa shape index (κ2) is 3.67. The zero-order chi connectivity index (χ0) is 10.9. The Kier molecular flexibility index (Phi) is 2.92.